The maximum atomic E-state index is 9.22. The molecule has 106 valence electrons. The smallest absolute Gasteiger partial charge is 0.127 e. The zero-order valence-electron chi connectivity index (χ0n) is 11.7. The number of hydrogen-bond acceptors (Lipinski definition) is 3. The molecule has 3 rings (SSSR count). The Hall–Kier alpha value is -1.99. The number of hydrogen-bond donors (Lipinski definition) is 1. The van der Waals surface area contributed by atoms with Gasteiger partial charge in [0.2, 0.25) is 0 Å². The first-order valence-corrected chi connectivity index (χ1v) is 7.66. The van der Waals surface area contributed by atoms with Gasteiger partial charge in [-0.2, -0.15) is 5.26 Å². The minimum atomic E-state index is 0.640. The summed E-state index contributed by atoms with van der Waals surface area (Å²) in [5.41, 5.74) is 4.99. The molecule has 0 aliphatic carbocycles. The summed E-state index contributed by atoms with van der Waals surface area (Å²) in [4.78, 5) is 0. The summed E-state index contributed by atoms with van der Waals surface area (Å²) < 4.78 is 6.80. The monoisotopic (exact) mass is 342 g/mol. The Morgan fingerprint density at radius 1 is 1.38 bits per heavy atom. The van der Waals surface area contributed by atoms with Crippen molar-refractivity contribution in [2.24, 2.45) is 0 Å². The van der Waals surface area contributed by atoms with Crippen LogP contribution in [0.5, 0.6) is 5.75 Å². The van der Waals surface area contributed by atoms with Crippen molar-refractivity contribution < 1.29 is 4.74 Å². The van der Waals surface area contributed by atoms with E-state index >= 15 is 0 Å². The Bertz CT molecular complexity index is 734. The number of nitriles is 1. The van der Waals surface area contributed by atoms with Crippen LogP contribution in [-0.4, -0.2) is 6.61 Å². The Kier molecular flexibility index (Phi) is 3.85. The van der Waals surface area contributed by atoms with E-state index in [2.05, 4.69) is 39.4 Å². The number of nitrogens with zero attached hydrogens (tertiary/aromatic N) is 1. The summed E-state index contributed by atoms with van der Waals surface area (Å²) in [7, 11) is 0. The van der Waals surface area contributed by atoms with Crippen molar-refractivity contribution in [3.63, 3.8) is 0 Å². The third kappa shape index (κ3) is 2.74. The lowest BCUT2D eigenvalue weighted by molar-refractivity contribution is 0.354. The van der Waals surface area contributed by atoms with Gasteiger partial charge in [-0.25, -0.2) is 0 Å². The zero-order valence-corrected chi connectivity index (χ0v) is 13.3. The van der Waals surface area contributed by atoms with E-state index < -0.39 is 0 Å². The molecule has 3 nitrogen and oxygen atoms in total. The lowest BCUT2D eigenvalue weighted by atomic mass is 10.1. The summed E-state index contributed by atoms with van der Waals surface area (Å²) in [6, 6.07) is 12.2. The number of ether oxygens (including phenoxy) is 1. The molecule has 0 saturated carbocycles. The summed E-state index contributed by atoms with van der Waals surface area (Å²) in [5.74, 6) is 0.984. The molecule has 1 aliphatic rings. The second kappa shape index (κ2) is 5.79. The van der Waals surface area contributed by atoms with Crippen LogP contribution in [0.1, 0.15) is 22.3 Å². The highest BCUT2D eigenvalue weighted by Crippen LogP contribution is 2.33. The third-order valence-corrected chi connectivity index (χ3v) is 4.13. The fourth-order valence-corrected chi connectivity index (χ4v) is 3.21. The van der Waals surface area contributed by atoms with Crippen LogP contribution in [-0.2, 0) is 13.0 Å². The molecule has 0 unspecified atom stereocenters. The van der Waals surface area contributed by atoms with Crippen LogP contribution in [0, 0.1) is 18.3 Å². The minimum Gasteiger partial charge on any atom is -0.493 e. The fraction of sp³-hybridized carbons (Fsp3) is 0.235. The zero-order chi connectivity index (χ0) is 14.8. The van der Waals surface area contributed by atoms with Gasteiger partial charge in [0, 0.05) is 23.0 Å². The van der Waals surface area contributed by atoms with E-state index in [0.29, 0.717) is 12.1 Å². The van der Waals surface area contributed by atoms with Gasteiger partial charge in [-0.15, -0.1) is 0 Å². The predicted octanol–water partition coefficient (Wildman–Crippen LogP) is 4.18. The Balaban J connectivity index is 1.89. The molecule has 0 amide bonds. The number of halogens is 1. The lowest BCUT2D eigenvalue weighted by Gasteiger charge is -2.14. The van der Waals surface area contributed by atoms with Crippen molar-refractivity contribution in [3.8, 4) is 11.8 Å². The van der Waals surface area contributed by atoms with Crippen LogP contribution >= 0.6 is 15.9 Å². The molecule has 0 atom stereocenters. The van der Waals surface area contributed by atoms with Crippen LogP contribution in [0.25, 0.3) is 0 Å². The molecule has 1 aliphatic heterocycles. The van der Waals surface area contributed by atoms with E-state index in [-0.39, 0.29) is 0 Å². The van der Waals surface area contributed by atoms with E-state index in [1.807, 2.05) is 25.1 Å². The van der Waals surface area contributed by atoms with E-state index in [1.165, 1.54) is 5.56 Å². The Morgan fingerprint density at radius 3 is 3.05 bits per heavy atom. The third-order valence-electron chi connectivity index (χ3n) is 3.67. The minimum absolute atomic E-state index is 0.640. The van der Waals surface area contributed by atoms with Gasteiger partial charge in [0.05, 0.1) is 17.9 Å². The molecule has 0 bridgehead atoms. The van der Waals surface area contributed by atoms with Crippen molar-refractivity contribution in [2.75, 3.05) is 11.9 Å². The van der Waals surface area contributed by atoms with Crippen LogP contribution < -0.4 is 10.1 Å². The number of rotatable bonds is 3. The average Bonchev–Trinajstić information content (AvgIpc) is 2.93. The molecule has 1 heterocycles. The quantitative estimate of drug-likeness (QED) is 0.910. The van der Waals surface area contributed by atoms with E-state index in [0.717, 1.165) is 40.1 Å². The van der Waals surface area contributed by atoms with E-state index in [9.17, 15) is 5.26 Å². The molecule has 2 aromatic carbocycles. The molecule has 0 fully saturated rings. The van der Waals surface area contributed by atoms with Crippen molar-refractivity contribution >= 4 is 21.6 Å². The number of fused-ring (bicyclic) bond motifs is 1. The van der Waals surface area contributed by atoms with Crippen LogP contribution in [0.4, 0.5) is 5.69 Å². The lowest BCUT2D eigenvalue weighted by Crippen LogP contribution is -2.04. The Labute approximate surface area is 132 Å². The summed E-state index contributed by atoms with van der Waals surface area (Å²) >= 11 is 3.55. The molecular weight excluding hydrogens is 328 g/mol. The topological polar surface area (TPSA) is 45.0 Å². The fourth-order valence-electron chi connectivity index (χ4n) is 2.66. The average molecular weight is 343 g/mol. The predicted molar refractivity (Wildman–Crippen MR) is 86.6 cm³/mol. The largest absolute Gasteiger partial charge is 0.493 e. The van der Waals surface area contributed by atoms with Gasteiger partial charge in [-0.05, 0) is 36.2 Å². The maximum absolute atomic E-state index is 9.22. The molecule has 0 saturated heterocycles. The molecule has 2 aromatic rings. The highest BCUT2D eigenvalue weighted by atomic mass is 79.9. The van der Waals surface area contributed by atoms with Gasteiger partial charge in [0.25, 0.3) is 0 Å². The number of anilines is 1. The van der Waals surface area contributed by atoms with Crippen LogP contribution in [0.15, 0.2) is 34.8 Å². The van der Waals surface area contributed by atoms with Gasteiger partial charge in [-0.3, -0.25) is 0 Å². The normalized spacial score (nSPS) is 12.4. The van der Waals surface area contributed by atoms with Crippen LogP contribution in [0.3, 0.4) is 0 Å². The van der Waals surface area contributed by atoms with E-state index in [4.69, 9.17) is 4.74 Å². The molecule has 0 radical (unpaired) electrons. The first-order valence-electron chi connectivity index (χ1n) is 6.86. The standard InChI is InChI=1S/C17H15BrN2O/c1-11-3-2-4-13(9-19)16(11)20-10-14-8-15(18)7-12-5-6-21-17(12)14/h2-4,7-8,20H,5-6,10H2,1H3. The number of benzene rings is 2. The van der Waals surface area contributed by atoms with Crippen molar-refractivity contribution in [1.82, 2.24) is 0 Å². The van der Waals surface area contributed by atoms with Crippen molar-refractivity contribution in [1.29, 1.82) is 5.26 Å². The summed E-state index contributed by atoms with van der Waals surface area (Å²) in [6.07, 6.45) is 0.954. The first kappa shape index (κ1) is 14.0. The molecule has 0 aromatic heterocycles. The molecule has 0 spiro atoms. The van der Waals surface area contributed by atoms with Gasteiger partial charge in [0.1, 0.15) is 11.8 Å². The Morgan fingerprint density at radius 2 is 2.24 bits per heavy atom. The highest BCUT2D eigenvalue weighted by Gasteiger charge is 2.17. The highest BCUT2D eigenvalue weighted by molar-refractivity contribution is 9.10. The summed E-state index contributed by atoms with van der Waals surface area (Å²) in [5, 5.41) is 12.6. The van der Waals surface area contributed by atoms with Gasteiger partial charge in [-0.1, -0.05) is 28.1 Å². The molecule has 1 N–H and O–H groups in total. The van der Waals surface area contributed by atoms with Gasteiger partial charge < -0.3 is 10.1 Å². The summed E-state index contributed by atoms with van der Waals surface area (Å²) in [6.45, 7) is 3.39. The number of para-hydroxylation sites is 1. The second-order valence-corrected chi connectivity index (χ2v) is 6.03. The van der Waals surface area contributed by atoms with Crippen LogP contribution in [0.2, 0.25) is 0 Å². The molecule has 4 heteroatoms. The second-order valence-electron chi connectivity index (χ2n) is 5.11. The number of nitrogens with one attached hydrogen (secondary N) is 1. The molecule has 21 heavy (non-hydrogen) atoms. The maximum Gasteiger partial charge on any atom is 0.127 e. The van der Waals surface area contributed by atoms with Gasteiger partial charge >= 0.3 is 0 Å². The van der Waals surface area contributed by atoms with E-state index in [1.54, 1.807) is 0 Å². The SMILES string of the molecule is Cc1cccc(C#N)c1NCc1cc(Br)cc2c1OCC2. The first-order chi connectivity index (χ1) is 10.2. The van der Waals surface area contributed by atoms with Gasteiger partial charge in [0.15, 0.2) is 0 Å². The van der Waals surface area contributed by atoms with Crippen molar-refractivity contribution in [3.05, 3.63) is 57.1 Å². The van der Waals surface area contributed by atoms with Crippen molar-refractivity contribution in [2.45, 2.75) is 19.9 Å². The molecular formula is C17H15BrN2O. The number of aryl methyl sites for hydroxylation is 1.